The smallest absolute Gasteiger partial charge is 0.110 e. The van der Waals surface area contributed by atoms with Crippen molar-refractivity contribution in [3.63, 3.8) is 0 Å². The van der Waals surface area contributed by atoms with E-state index in [-0.39, 0.29) is 0 Å². The minimum Gasteiger partial charge on any atom is -0.410 e. The van der Waals surface area contributed by atoms with Crippen molar-refractivity contribution in [3.05, 3.63) is 53.9 Å². The van der Waals surface area contributed by atoms with E-state index in [0.29, 0.717) is 5.36 Å². The molecule has 1 N–H and O–H groups in total. The van der Waals surface area contributed by atoms with Gasteiger partial charge in [0.05, 0.1) is 0 Å². The van der Waals surface area contributed by atoms with Crippen molar-refractivity contribution in [1.29, 1.82) is 0 Å². The summed E-state index contributed by atoms with van der Waals surface area (Å²) < 4.78 is 0. The molecule has 2 aliphatic rings. The molecule has 0 radical (unpaired) electrons. The molecule has 2 rings (SSSR count). The van der Waals surface area contributed by atoms with Gasteiger partial charge < -0.3 is 5.21 Å². The zero-order valence-electron chi connectivity index (χ0n) is 7.01. The van der Waals surface area contributed by atoms with Gasteiger partial charge in [-0.1, -0.05) is 47.6 Å². The third-order valence-corrected chi connectivity index (χ3v) is 1.99. The Morgan fingerprint density at radius 1 is 0.846 bits per heavy atom. The first-order chi connectivity index (χ1) is 6.42. The summed E-state index contributed by atoms with van der Waals surface area (Å²) in [6, 6.07) is 15.4. The van der Waals surface area contributed by atoms with Crippen LogP contribution in [0, 0.1) is 0 Å². The molecule has 0 bridgehead atoms. The first kappa shape index (κ1) is 7.80. The fraction of sp³-hybridized carbons (Fsp3) is 0. The van der Waals surface area contributed by atoms with E-state index in [1.54, 1.807) is 6.07 Å². The second-order valence-corrected chi connectivity index (χ2v) is 2.79. The van der Waals surface area contributed by atoms with Crippen molar-refractivity contribution in [1.82, 2.24) is 0 Å². The number of nitrogens with zero attached hydrogens (tertiary/aromatic N) is 1. The fourth-order valence-electron chi connectivity index (χ4n) is 1.36. The molecule has 13 heavy (non-hydrogen) atoms. The van der Waals surface area contributed by atoms with Gasteiger partial charge in [-0.2, -0.15) is 0 Å². The van der Waals surface area contributed by atoms with Crippen LogP contribution in [0.3, 0.4) is 0 Å². The van der Waals surface area contributed by atoms with E-state index >= 15 is 0 Å². The number of rotatable bonds is 0. The van der Waals surface area contributed by atoms with E-state index in [9.17, 15) is 0 Å². The van der Waals surface area contributed by atoms with Crippen LogP contribution in [0.5, 0.6) is 0 Å². The first-order valence-corrected chi connectivity index (χ1v) is 4.08. The Bertz CT molecular complexity index is 451. The maximum absolute atomic E-state index is 8.74. The Kier molecular flexibility index (Phi) is 1.96. The van der Waals surface area contributed by atoms with E-state index in [1.165, 1.54) is 0 Å². The van der Waals surface area contributed by atoms with Crippen LogP contribution in [-0.2, 0) is 0 Å². The van der Waals surface area contributed by atoms with Crippen LogP contribution >= 0.6 is 0 Å². The van der Waals surface area contributed by atoms with E-state index in [0.717, 1.165) is 11.1 Å². The predicted molar refractivity (Wildman–Crippen MR) is 50.4 cm³/mol. The van der Waals surface area contributed by atoms with Gasteiger partial charge in [-0.25, -0.2) is 0 Å². The van der Waals surface area contributed by atoms with E-state index in [1.807, 2.05) is 42.5 Å². The number of hydrogen-bond acceptors (Lipinski definition) is 2. The van der Waals surface area contributed by atoms with Gasteiger partial charge in [0.1, 0.15) is 5.36 Å². The number of fused-ring (bicyclic) bond motifs is 1. The average molecular weight is 171 g/mol. The normalized spacial score (nSPS) is 11.8. The van der Waals surface area contributed by atoms with Crippen LogP contribution in [-0.4, -0.2) is 5.21 Å². The van der Waals surface area contributed by atoms with Crippen molar-refractivity contribution in [2.45, 2.75) is 0 Å². The molecule has 0 heterocycles. The highest BCUT2D eigenvalue weighted by Crippen LogP contribution is 2.14. The standard InChI is InChI=1S/C11H9NO/c13-12-11-8-4-6-9-5-2-1-3-7-10(9)11/h1-8,13H. The molecule has 0 saturated heterocycles. The van der Waals surface area contributed by atoms with Gasteiger partial charge >= 0.3 is 0 Å². The summed E-state index contributed by atoms with van der Waals surface area (Å²) in [5.41, 5.74) is 2.02. The molecule has 64 valence electrons. The van der Waals surface area contributed by atoms with Gasteiger partial charge in [-0.3, -0.25) is 0 Å². The van der Waals surface area contributed by atoms with Crippen LogP contribution < -0.4 is 5.36 Å². The summed E-state index contributed by atoms with van der Waals surface area (Å²) in [6.45, 7) is 0. The van der Waals surface area contributed by atoms with Gasteiger partial charge in [0.15, 0.2) is 0 Å². The van der Waals surface area contributed by atoms with Gasteiger partial charge in [-0.15, -0.1) is 0 Å². The largest absolute Gasteiger partial charge is 0.410 e. The molecule has 2 nitrogen and oxygen atoms in total. The van der Waals surface area contributed by atoms with Crippen molar-refractivity contribution in [2.24, 2.45) is 5.16 Å². The summed E-state index contributed by atoms with van der Waals surface area (Å²) in [5, 5.41) is 12.6. The molecule has 2 aliphatic carbocycles. The molecule has 0 aromatic carbocycles. The van der Waals surface area contributed by atoms with Crippen molar-refractivity contribution < 1.29 is 5.21 Å². The van der Waals surface area contributed by atoms with Crippen molar-refractivity contribution >= 4 is 0 Å². The molecule has 0 spiro atoms. The maximum atomic E-state index is 8.74. The molecule has 0 atom stereocenters. The lowest BCUT2D eigenvalue weighted by Gasteiger charge is -1.98. The van der Waals surface area contributed by atoms with E-state index in [2.05, 4.69) is 5.16 Å². The molecule has 0 amide bonds. The highest BCUT2D eigenvalue weighted by atomic mass is 16.4. The summed E-state index contributed by atoms with van der Waals surface area (Å²) in [6.07, 6.45) is 0. The summed E-state index contributed by atoms with van der Waals surface area (Å²) >= 11 is 0. The SMILES string of the molecule is ON=c1cccc2cccccc1-2. The number of benzene rings is 1. The predicted octanol–water partition coefficient (Wildman–Crippen LogP) is 2.08. The Labute approximate surface area is 76.1 Å². The van der Waals surface area contributed by atoms with E-state index < -0.39 is 0 Å². The fourth-order valence-corrected chi connectivity index (χ4v) is 1.36. The Balaban J connectivity index is 2.87. The monoisotopic (exact) mass is 171 g/mol. The van der Waals surface area contributed by atoms with Crippen molar-refractivity contribution in [3.8, 4) is 11.1 Å². The topological polar surface area (TPSA) is 32.6 Å². The zero-order valence-corrected chi connectivity index (χ0v) is 7.01. The molecule has 2 heteroatoms. The van der Waals surface area contributed by atoms with Gasteiger partial charge in [-0.05, 0) is 11.6 Å². The van der Waals surface area contributed by atoms with Gasteiger partial charge in [0.2, 0.25) is 0 Å². The third kappa shape index (κ3) is 1.38. The molecular weight excluding hydrogens is 162 g/mol. The second-order valence-electron chi connectivity index (χ2n) is 2.79. The van der Waals surface area contributed by atoms with Crippen LogP contribution in [0.2, 0.25) is 0 Å². The van der Waals surface area contributed by atoms with Crippen LogP contribution in [0.4, 0.5) is 0 Å². The third-order valence-electron chi connectivity index (χ3n) is 1.99. The van der Waals surface area contributed by atoms with Crippen molar-refractivity contribution in [2.75, 3.05) is 0 Å². The molecule has 0 unspecified atom stereocenters. The summed E-state index contributed by atoms with van der Waals surface area (Å²) in [7, 11) is 0. The highest BCUT2D eigenvalue weighted by molar-refractivity contribution is 5.63. The highest BCUT2D eigenvalue weighted by Gasteiger charge is 1.99. The molecule has 0 fully saturated rings. The molecular formula is C11H9NO. The molecule has 0 saturated carbocycles. The lowest BCUT2D eigenvalue weighted by atomic mass is 10.1. The Morgan fingerprint density at radius 3 is 2.46 bits per heavy atom. The van der Waals surface area contributed by atoms with Crippen LogP contribution in [0.1, 0.15) is 0 Å². The molecule has 0 aromatic heterocycles. The minimum atomic E-state index is 0.605. The van der Waals surface area contributed by atoms with Crippen LogP contribution in [0.25, 0.3) is 11.1 Å². The Morgan fingerprint density at radius 2 is 1.62 bits per heavy atom. The maximum Gasteiger partial charge on any atom is 0.110 e. The molecule has 0 aliphatic heterocycles. The van der Waals surface area contributed by atoms with Crippen LogP contribution in [0.15, 0.2) is 53.7 Å². The van der Waals surface area contributed by atoms with E-state index in [4.69, 9.17) is 5.21 Å². The molecule has 0 aromatic rings. The first-order valence-electron chi connectivity index (χ1n) is 4.08. The second kappa shape index (κ2) is 3.27. The summed E-state index contributed by atoms with van der Waals surface area (Å²) in [4.78, 5) is 0. The van der Waals surface area contributed by atoms with Gasteiger partial charge in [0, 0.05) is 5.56 Å². The average Bonchev–Trinajstić information content (AvgIpc) is 2.41. The lowest BCUT2D eigenvalue weighted by molar-refractivity contribution is 0.302. The Hall–Kier alpha value is -1.83. The lowest BCUT2D eigenvalue weighted by Crippen LogP contribution is -2.03. The summed E-state index contributed by atoms with van der Waals surface area (Å²) in [5.74, 6) is 0. The minimum absolute atomic E-state index is 0.605. The zero-order chi connectivity index (χ0) is 9.10. The van der Waals surface area contributed by atoms with Gasteiger partial charge in [0.25, 0.3) is 0 Å². The quantitative estimate of drug-likeness (QED) is 0.477. The number of hydrogen-bond donors (Lipinski definition) is 1.